The van der Waals surface area contributed by atoms with E-state index in [0.717, 1.165) is 12.1 Å². The molecule has 170 valence electrons. The van der Waals surface area contributed by atoms with Crippen LogP contribution in [0.1, 0.15) is 31.2 Å². The Morgan fingerprint density at radius 1 is 1.19 bits per heavy atom. The maximum atomic E-state index is 14.0. The molecular weight excluding hydrogens is 428 g/mol. The van der Waals surface area contributed by atoms with Crippen LogP contribution in [-0.4, -0.2) is 35.2 Å². The van der Waals surface area contributed by atoms with Crippen molar-refractivity contribution in [3.05, 3.63) is 70.4 Å². The van der Waals surface area contributed by atoms with Crippen molar-refractivity contribution in [3.63, 3.8) is 0 Å². The van der Waals surface area contributed by atoms with Gasteiger partial charge in [-0.2, -0.15) is 13.2 Å². The van der Waals surface area contributed by atoms with Crippen LogP contribution >= 0.6 is 0 Å². The lowest BCUT2D eigenvalue weighted by Gasteiger charge is -2.31. The van der Waals surface area contributed by atoms with Crippen molar-refractivity contribution < 1.29 is 27.4 Å². The minimum absolute atomic E-state index is 0.103. The summed E-state index contributed by atoms with van der Waals surface area (Å²) in [6.45, 7) is 1.67. The smallest absolute Gasteiger partial charge is 0.422 e. The fraction of sp³-hybridized carbons (Fsp3) is 0.304. The maximum Gasteiger partial charge on any atom is 0.422 e. The lowest BCUT2D eigenvalue weighted by molar-refractivity contribution is -0.232. The molecular formula is C23H22F4N2O3. The molecule has 0 amide bonds. The van der Waals surface area contributed by atoms with E-state index in [0.29, 0.717) is 17.2 Å². The summed E-state index contributed by atoms with van der Waals surface area (Å²) in [5.74, 6) is -1.27. The van der Waals surface area contributed by atoms with Gasteiger partial charge in [-0.3, -0.25) is 9.79 Å². The minimum atomic E-state index is -5.03. The van der Waals surface area contributed by atoms with Crippen LogP contribution < -0.4 is 10.3 Å². The number of fused-ring (bicyclic) bond motifs is 1. The molecule has 9 heteroatoms. The van der Waals surface area contributed by atoms with Crippen molar-refractivity contribution >= 4 is 22.7 Å². The first-order chi connectivity index (χ1) is 15.1. The van der Waals surface area contributed by atoms with Gasteiger partial charge >= 0.3 is 6.18 Å². The molecule has 0 aliphatic rings. The van der Waals surface area contributed by atoms with Crippen LogP contribution in [0.5, 0.6) is 5.75 Å². The summed E-state index contributed by atoms with van der Waals surface area (Å²) >= 11 is 0. The number of hydrogen-bond donors (Lipinski definition) is 2. The molecule has 1 aromatic heterocycles. The highest BCUT2D eigenvalue weighted by Crippen LogP contribution is 2.41. The number of rotatable bonds is 7. The van der Waals surface area contributed by atoms with Gasteiger partial charge in [0.15, 0.2) is 5.60 Å². The largest absolute Gasteiger partial charge is 0.496 e. The first-order valence-corrected chi connectivity index (χ1v) is 9.88. The number of alkyl halides is 3. The SMILES string of the molecule is CCC(CC(O)(C=Nc1cccc2c(=O)[nH]ccc12)C(F)(F)F)c1ccc(F)cc1OC. The summed E-state index contributed by atoms with van der Waals surface area (Å²) in [5.41, 5.74) is -3.20. The number of nitrogens with one attached hydrogen (secondary N) is 1. The number of ether oxygens (including phenoxy) is 1. The molecule has 0 bridgehead atoms. The number of hydrogen-bond acceptors (Lipinski definition) is 4. The molecule has 2 aromatic carbocycles. The molecule has 0 spiro atoms. The van der Waals surface area contributed by atoms with Crippen LogP contribution in [-0.2, 0) is 0 Å². The Morgan fingerprint density at radius 3 is 2.59 bits per heavy atom. The summed E-state index contributed by atoms with van der Waals surface area (Å²) in [5, 5.41) is 11.3. The van der Waals surface area contributed by atoms with E-state index >= 15 is 0 Å². The number of benzene rings is 2. The summed E-state index contributed by atoms with van der Waals surface area (Å²) < 4.78 is 60.5. The Bertz CT molecular complexity index is 1190. The molecule has 1 heterocycles. The zero-order valence-corrected chi connectivity index (χ0v) is 17.4. The molecule has 2 unspecified atom stereocenters. The maximum absolute atomic E-state index is 14.0. The van der Waals surface area contributed by atoms with Crippen LogP contribution in [0.2, 0.25) is 0 Å². The van der Waals surface area contributed by atoms with Gasteiger partial charge in [0.05, 0.1) is 12.8 Å². The van der Waals surface area contributed by atoms with Crippen LogP contribution in [0.15, 0.2) is 58.4 Å². The summed E-state index contributed by atoms with van der Waals surface area (Å²) in [7, 11) is 1.30. The van der Waals surface area contributed by atoms with E-state index in [1.807, 2.05) is 0 Å². The van der Waals surface area contributed by atoms with Gasteiger partial charge in [-0.05, 0) is 48.6 Å². The van der Waals surface area contributed by atoms with E-state index in [-0.39, 0.29) is 23.2 Å². The van der Waals surface area contributed by atoms with Gasteiger partial charge in [0, 0.05) is 29.3 Å². The first kappa shape index (κ1) is 23.5. The van der Waals surface area contributed by atoms with Gasteiger partial charge in [0.25, 0.3) is 5.56 Å². The van der Waals surface area contributed by atoms with Crippen molar-refractivity contribution in [2.75, 3.05) is 7.11 Å². The summed E-state index contributed by atoms with van der Waals surface area (Å²) in [4.78, 5) is 18.3. The molecule has 0 aliphatic heterocycles. The van der Waals surface area contributed by atoms with Gasteiger partial charge in [-0.25, -0.2) is 4.39 Å². The normalized spacial score (nSPS) is 15.1. The van der Waals surface area contributed by atoms with Crippen LogP contribution in [0, 0.1) is 5.82 Å². The van der Waals surface area contributed by atoms with Crippen molar-refractivity contribution in [2.45, 2.75) is 37.5 Å². The number of aliphatic imine (C=N–C) groups is 1. The van der Waals surface area contributed by atoms with Crippen LogP contribution in [0.3, 0.4) is 0 Å². The summed E-state index contributed by atoms with van der Waals surface area (Å²) in [6, 6.07) is 9.57. The molecule has 0 saturated heterocycles. The highest BCUT2D eigenvalue weighted by Gasteiger charge is 2.53. The molecule has 2 N–H and O–H groups in total. The molecule has 0 radical (unpaired) electrons. The third-order valence-electron chi connectivity index (χ3n) is 5.39. The molecule has 32 heavy (non-hydrogen) atoms. The Balaban J connectivity index is 2.03. The number of H-pyrrole nitrogens is 1. The number of aliphatic hydroxyl groups is 1. The third kappa shape index (κ3) is 4.67. The monoisotopic (exact) mass is 450 g/mol. The van der Waals surface area contributed by atoms with E-state index in [9.17, 15) is 27.5 Å². The molecule has 0 fully saturated rings. The van der Waals surface area contributed by atoms with E-state index < -0.39 is 35.5 Å². The zero-order valence-electron chi connectivity index (χ0n) is 17.4. The van der Waals surface area contributed by atoms with Crippen molar-refractivity contribution in [1.82, 2.24) is 4.98 Å². The predicted octanol–water partition coefficient (Wildman–Crippen LogP) is 5.26. The average Bonchev–Trinajstić information content (AvgIpc) is 2.75. The van der Waals surface area contributed by atoms with Gasteiger partial charge < -0.3 is 14.8 Å². The molecule has 3 aromatic rings. The second kappa shape index (κ2) is 9.12. The van der Waals surface area contributed by atoms with Gasteiger partial charge in [0.2, 0.25) is 0 Å². The number of halogens is 4. The number of aromatic nitrogens is 1. The molecule has 5 nitrogen and oxygen atoms in total. The fourth-order valence-corrected chi connectivity index (χ4v) is 3.61. The molecule has 0 saturated carbocycles. The summed E-state index contributed by atoms with van der Waals surface area (Å²) in [6.07, 6.45) is -3.71. The van der Waals surface area contributed by atoms with E-state index in [2.05, 4.69) is 9.98 Å². The molecule has 0 aliphatic carbocycles. The second-order valence-electron chi connectivity index (χ2n) is 7.42. The number of nitrogens with zero attached hydrogens (tertiary/aromatic N) is 1. The third-order valence-corrected chi connectivity index (χ3v) is 5.39. The molecule has 3 rings (SSSR count). The second-order valence-corrected chi connectivity index (χ2v) is 7.42. The zero-order chi connectivity index (χ0) is 23.5. The van der Waals surface area contributed by atoms with E-state index in [4.69, 9.17) is 4.74 Å². The van der Waals surface area contributed by atoms with Crippen molar-refractivity contribution in [1.29, 1.82) is 0 Å². The number of pyridine rings is 1. The quantitative estimate of drug-likeness (QED) is 0.381. The van der Waals surface area contributed by atoms with Gasteiger partial charge in [-0.15, -0.1) is 0 Å². The standard InChI is InChI=1S/C23H22F4N2O3/c1-3-14(16-8-7-15(24)11-20(16)32-2)12-22(31,23(25,26)27)13-29-19-6-4-5-18-17(19)9-10-28-21(18)30/h4-11,13-14,31H,3,12H2,1-2H3,(H,28,30). The Kier molecular flexibility index (Phi) is 6.68. The number of methoxy groups -OCH3 is 1. The minimum Gasteiger partial charge on any atom is -0.496 e. The van der Waals surface area contributed by atoms with Crippen LogP contribution in [0.25, 0.3) is 10.8 Å². The number of aromatic amines is 1. The highest BCUT2D eigenvalue weighted by molar-refractivity contribution is 5.93. The van der Waals surface area contributed by atoms with E-state index in [1.165, 1.54) is 43.6 Å². The lowest BCUT2D eigenvalue weighted by Crippen LogP contribution is -2.47. The Labute approximate surface area is 181 Å². The Morgan fingerprint density at radius 2 is 1.94 bits per heavy atom. The van der Waals surface area contributed by atoms with Crippen molar-refractivity contribution in [2.24, 2.45) is 4.99 Å². The van der Waals surface area contributed by atoms with Gasteiger partial charge in [0.1, 0.15) is 11.6 Å². The van der Waals surface area contributed by atoms with E-state index in [1.54, 1.807) is 6.92 Å². The lowest BCUT2D eigenvalue weighted by atomic mass is 9.84. The average molecular weight is 450 g/mol. The van der Waals surface area contributed by atoms with Gasteiger partial charge in [-0.1, -0.05) is 19.1 Å². The van der Waals surface area contributed by atoms with Crippen molar-refractivity contribution in [3.8, 4) is 5.75 Å². The predicted molar refractivity (Wildman–Crippen MR) is 114 cm³/mol. The van der Waals surface area contributed by atoms with Crippen LogP contribution in [0.4, 0.5) is 23.2 Å². The molecule has 2 atom stereocenters. The highest BCUT2D eigenvalue weighted by atomic mass is 19.4. The Hall–Kier alpha value is -3.20. The first-order valence-electron chi connectivity index (χ1n) is 9.88. The topological polar surface area (TPSA) is 74.7 Å². The fourth-order valence-electron chi connectivity index (χ4n) is 3.61.